The molecule has 0 spiro atoms. The van der Waals surface area contributed by atoms with Crippen LogP contribution >= 0.6 is 0 Å². The number of nitriles is 1. The van der Waals surface area contributed by atoms with Crippen LogP contribution < -0.4 is 11.1 Å². The second kappa shape index (κ2) is 2.78. The maximum atomic E-state index is 12.7. The quantitative estimate of drug-likeness (QED) is 0.683. The zero-order chi connectivity index (χ0) is 13.3. The van der Waals surface area contributed by atoms with Gasteiger partial charge in [-0.2, -0.15) is 5.26 Å². The minimum atomic E-state index is -1.34. The molecule has 0 saturated heterocycles. The van der Waals surface area contributed by atoms with Crippen molar-refractivity contribution in [3.8, 4) is 6.07 Å². The maximum Gasteiger partial charge on any atom is 0.265 e. The number of carbonyl (C=O) groups excluding carboxylic acids is 1. The van der Waals surface area contributed by atoms with Gasteiger partial charge < -0.3 is 15.8 Å². The number of ether oxygens (including phenoxy) is 1. The van der Waals surface area contributed by atoms with E-state index in [1.54, 1.807) is 24.3 Å². The number of nitrogens with one attached hydrogen (secondary N) is 1. The van der Waals surface area contributed by atoms with Gasteiger partial charge in [0.2, 0.25) is 17.2 Å². The Kier molecular flexibility index (Phi) is 1.48. The monoisotopic (exact) mass is 252 g/mol. The highest BCUT2D eigenvalue weighted by Gasteiger charge is 2.74. The molecule has 0 aromatic heterocycles. The summed E-state index contributed by atoms with van der Waals surface area (Å²) in [5.41, 5.74) is 4.37. The van der Waals surface area contributed by atoms with Crippen molar-refractivity contribution in [2.75, 3.05) is 0 Å². The summed E-state index contributed by atoms with van der Waals surface area (Å²) in [7, 11) is 0. The molecule has 1 aliphatic carbocycles. The van der Waals surface area contributed by atoms with E-state index < -0.39 is 11.3 Å². The molecule has 0 amide bonds. The number of aliphatic imine (C=N–C) groups is 1. The smallest absolute Gasteiger partial charge is 0.265 e. The van der Waals surface area contributed by atoms with Crippen molar-refractivity contribution in [2.45, 2.75) is 11.3 Å². The molecular formula is C13H8N4O2. The van der Waals surface area contributed by atoms with Crippen molar-refractivity contribution in [2.24, 2.45) is 10.7 Å². The van der Waals surface area contributed by atoms with Gasteiger partial charge in [0, 0.05) is 11.1 Å². The molecule has 0 saturated carbocycles. The third-order valence-corrected chi connectivity index (χ3v) is 3.90. The zero-order valence-corrected chi connectivity index (χ0v) is 9.68. The Morgan fingerprint density at radius 3 is 3.00 bits per heavy atom. The van der Waals surface area contributed by atoms with Crippen molar-refractivity contribution in [1.82, 2.24) is 5.32 Å². The number of ketones is 1. The Bertz CT molecular complexity index is 745. The third-order valence-electron chi connectivity index (χ3n) is 3.90. The molecule has 19 heavy (non-hydrogen) atoms. The molecule has 6 nitrogen and oxygen atoms in total. The van der Waals surface area contributed by atoms with Crippen molar-refractivity contribution in [1.29, 1.82) is 5.26 Å². The summed E-state index contributed by atoms with van der Waals surface area (Å²) in [5, 5.41) is 12.2. The summed E-state index contributed by atoms with van der Waals surface area (Å²) >= 11 is 0. The first-order valence-corrected chi connectivity index (χ1v) is 5.72. The number of carbonyl (C=O) groups is 1. The van der Waals surface area contributed by atoms with Crippen molar-refractivity contribution in [3.63, 3.8) is 0 Å². The van der Waals surface area contributed by atoms with Gasteiger partial charge in [0.15, 0.2) is 0 Å². The first kappa shape index (κ1) is 10.1. The molecule has 0 fully saturated rings. The second-order valence-electron chi connectivity index (χ2n) is 4.62. The maximum absolute atomic E-state index is 12.7. The third kappa shape index (κ3) is 0.780. The molecule has 1 aromatic carbocycles. The van der Waals surface area contributed by atoms with Crippen LogP contribution in [0, 0.1) is 11.3 Å². The number of nitrogens with two attached hydrogens (primary N) is 1. The number of Topliss-reactive ketones (excluding diaryl/α,β-unsaturated/α-hetero) is 1. The predicted octanol–water partition coefficient (Wildman–Crippen LogP) is 0.130. The summed E-state index contributed by atoms with van der Waals surface area (Å²) in [5.74, 6) is -0.285. The lowest BCUT2D eigenvalue weighted by Gasteiger charge is -2.29. The number of fused-ring (bicyclic) bond motifs is 1. The van der Waals surface area contributed by atoms with Crippen molar-refractivity contribution in [3.05, 3.63) is 46.8 Å². The van der Waals surface area contributed by atoms with Gasteiger partial charge in [-0.25, -0.2) is 4.99 Å². The van der Waals surface area contributed by atoms with Gasteiger partial charge in [0.25, 0.3) is 5.72 Å². The van der Waals surface area contributed by atoms with E-state index in [-0.39, 0.29) is 17.2 Å². The highest BCUT2D eigenvalue weighted by atomic mass is 16.5. The molecule has 2 atom stereocenters. The molecule has 6 heteroatoms. The minimum absolute atomic E-state index is 0.0466. The second-order valence-corrected chi connectivity index (χ2v) is 4.62. The standard InChI is InChI=1S/C13H8N4O2/c14-5-9-11(15)19-13-8-4-2-1-3-7(8)10(18)12(9,13)16-6-17-13/h1-4,6H,15H2,(H,16,17)/t12-,13-/m0/s1. The molecule has 0 radical (unpaired) electrons. The van der Waals surface area contributed by atoms with Gasteiger partial charge >= 0.3 is 0 Å². The van der Waals surface area contributed by atoms with Crippen LogP contribution in [0.5, 0.6) is 0 Å². The number of hydrogen-bond donors (Lipinski definition) is 2. The number of nitrogens with zero attached hydrogens (tertiary/aromatic N) is 2. The van der Waals surface area contributed by atoms with Crippen molar-refractivity contribution >= 4 is 12.1 Å². The summed E-state index contributed by atoms with van der Waals surface area (Å²) in [4.78, 5) is 17.0. The molecule has 2 aliphatic heterocycles. The fourth-order valence-corrected chi connectivity index (χ4v) is 3.13. The highest BCUT2D eigenvalue weighted by Crippen LogP contribution is 2.57. The molecule has 92 valence electrons. The van der Waals surface area contributed by atoms with Crippen LogP contribution in [0.1, 0.15) is 15.9 Å². The van der Waals surface area contributed by atoms with Crippen LogP contribution in [0.25, 0.3) is 0 Å². The highest BCUT2D eigenvalue weighted by molar-refractivity contribution is 6.14. The molecule has 0 unspecified atom stereocenters. The van der Waals surface area contributed by atoms with Gasteiger partial charge in [-0.1, -0.05) is 24.3 Å². The first-order chi connectivity index (χ1) is 9.17. The van der Waals surface area contributed by atoms with Crippen LogP contribution in [0.2, 0.25) is 0 Å². The number of benzene rings is 1. The molecule has 3 aliphatic rings. The summed E-state index contributed by atoms with van der Waals surface area (Å²) in [6, 6.07) is 9.02. The molecule has 2 heterocycles. The van der Waals surface area contributed by atoms with E-state index in [0.29, 0.717) is 11.1 Å². The lowest BCUT2D eigenvalue weighted by atomic mass is 9.83. The Hall–Kier alpha value is -2.81. The van der Waals surface area contributed by atoms with Crippen LogP contribution in [-0.2, 0) is 10.5 Å². The predicted molar refractivity (Wildman–Crippen MR) is 64.7 cm³/mol. The van der Waals surface area contributed by atoms with Crippen molar-refractivity contribution < 1.29 is 9.53 Å². The fourth-order valence-electron chi connectivity index (χ4n) is 3.13. The Morgan fingerprint density at radius 2 is 2.21 bits per heavy atom. The van der Waals surface area contributed by atoms with Gasteiger partial charge in [-0.15, -0.1) is 0 Å². The van der Waals surface area contributed by atoms with E-state index in [0.717, 1.165) is 0 Å². The first-order valence-electron chi connectivity index (χ1n) is 5.72. The normalized spacial score (nSPS) is 33.3. The molecule has 4 rings (SSSR count). The summed E-state index contributed by atoms with van der Waals surface area (Å²) in [6.45, 7) is 0. The lowest BCUT2D eigenvalue weighted by molar-refractivity contribution is 0.00104. The number of rotatable bonds is 0. The van der Waals surface area contributed by atoms with E-state index in [2.05, 4.69) is 10.3 Å². The summed E-state index contributed by atoms with van der Waals surface area (Å²) in [6.07, 6.45) is 1.40. The van der Waals surface area contributed by atoms with E-state index in [1.165, 1.54) is 6.34 Å². The molecular weight excluding hydrogens is 244 g/mol. The van der Waals surface area contributed by atoms with Crippen LogP contribution in [-0.4, -0.2) is 17.7 Å². The zero-order valence-electron chi connectivity index (χ0n) is 9.68. The molecule has 0 bridgehead atoms. The molecule has 3 N–H and O–H groups in total. The van der Waals surface area contributed by atoms with E-state index >= 15 is 0 Å². The summed E-state index contributed by atoms with van der Waals surface area (Å²) < 4.78 is 5.64. The van der Waals surface area contributed by atoms with Crippen LogP contribution in [0.4, 0.5) is 0 Å². The Labute approximate surface area is 108 Å². The van der Waals surface area contributed by atoms with Gasteiger partial charge in [-0.05, 0) is 0 Å². The van der Waals surface area contributed by atoms with E-state index in [4.69, 9.17) is 10.5 Å². The van der Waals surface area contributed by atoms with Gasteiger partial charge in [0.1, 0.15) is 11.6 Å². The largest absolute Gasteiger partial charge is 0.443 e. The van der Waals surface area contributed by atoms with Crippen LogP contribution in [0.15, 0.2) is 40.7 Å². The Balaban J connectivity index is 2.12. The average molecular weight is 252 g/mol. The minimum Gasteiger partial charge on any atom is -0.443 e. The van der Waals surface area contributed by atoms with Gasteiger partial charge in [-0.3, -0.25) is 4.79 Å². The lowest BCUT2D eigenvalue weighted by Crippen LogP contribution is -2.55. The van der Waals surface area contributed by atoms with E-state index in [9.17, 15) is 10.1 Å². The number of hydrogen-bond acceptors (Lipinski definition) is 6. The fraction of sp³-hybridized carbons (Fsp3) is 0.154. The Morgan fingerprint density at radius 1 is 1.42 bits per heavy atom. The topological polar surface area (TPSA) is 100 Å². The average Bonchev–Trinajstić information content (AvgIpc) is 2.95. The van der Waals surface area contributed by atoms with Crippen LogP contribution in [0.3, 0.4) is 0 Å². The molecule has 1 aromatic rings. The SMILES string of the molecule is N#CC1=C(N)O[C@]23N=CN[C@]12C(=O)c1ccccc13. The van der Waals surface area contributed by atoms with E-state index in [1.807, 2.05) is 6.07 Å². The van der Waals surface area contributed by atoms with Gasteiger partial charge in [0.05, 0.1) is 6.34 Å².